The van der Waals surface area contributed by atoms with E-state index in [-0.39, 0.29) is 5.82 Å². The Bertz CT molecular complexity index is 962. The number of halogens is 1. The Morgan fingerprint density at radius 2 is 2.10 bits per heavy atom. The van der Waals surface area contributed by atoms with Crippen LogP contribution in [0.15, 0.2) is 61.2 Å². The SMILES string of the molecule is CCOc1ccccc1CN(CCCn1ccnc1)C(=S)Nc1ccc(C)c(F)c1. The molecule has 30 heavy (non-hydrogen) atoms. The van der Waals surface area contributed by atoms with E-state index in [0.29, 0.717) is 29.5 Å². The van der Waals surface area contributed by atoms with Gasteiger partial charge in [-0.3, -0.25) is 0 Å². The van der Waals surface area contributed by atoms with Crippen molar-refractivity contribution in [3.8, 4) is 5.75 Å². The molecule has 1 N–H and O–H groups in total. The maximum Gasteiger partial charge on any atom is 0.173 e. The zero-order chi connectivity index (χ0) is 21.3. The first-order valence-corrected chi connectivity index (χ1v) is 10.5. The minimum absolute atomic E-state index is 0.254. The highest BCUT2D eigenvalue weighted by Crippen LogP contribution is 2.21. The molecule has 0 saturated carbocycles. The Hall–Kier alpha value is -2.93. The molecule has 0 aliphatic carbocycles. The zero-order valence-corrected chi connectivity index (χ0v) is 18.2. The average Bonchev–Trinajstić information content (AvgIpc) is 3.25. The van der Waals surface area contributed by atoms with Crippen LogP contribution in [0.5, 0.6) is 5.75 Å². The fourth-order valence-corrected chi connectivity index (χ4v) is 3.40. The van der Waals surface area contributed by atoms with E-state index in [1.807, 2.05) is 48.0 Å². The second-order valence-electron chi connectivity index (χ2n) is 7.01. The topological polar surface area (TPSA) is 42.3 Å². The van der Waals surface area contributed by atoms with Gasteiger partial charge < -0.3 is 19.5 Å². The first-order valence-electron chi connectivity index (χ1n) is 10.1. The number of imidazole rings is 1. The van der Waals surface area contributed by atoms with Gasteiger partial charge in [-0.25, -0.2) is 9.37 Å². The first kappa shape index (κ1) is 21.8. The Morgan fingerprint density at radius 1 is 1.27 bits per heavy atom. The van der Waals surface area contributed by atoms with Crippen LogP contribution >= 0.6 is 12.2 Å². The van der Waals surface area contributed by atoms with Crippen LogP contribution in [-0.4, -0.2) is 32.7 Å². The molecule has 0 spiro atoms. The molecule has 0 radical (unpaired) electrons. The van der Waals surface area contributed by atoms with Gasteiger partial charge in [-0.05, 0) is 56.2 Å². The zero-order valence-electron chi connectivity index (χ0n) is 17.3. The van der Waals surface area contributed by atoms with Crippen molar-refractivity contribution in [1.29, 1.82) is 0 Å². The summed E-state index contributed by atoms with van der Waals surface area (Å²) in [6.45, 7) is 6.48. The third kappa shape index (κ3) is 6.03. The maximum atomic E-state index is 14.0. The quantitative estimate of drug-likeness (QED) is 0.487. The van der Waals surface area contributed by atoms with Gasteiger partial charge in [-0.1, -0.05) is 24.3 Å². The normalized spacial score (nSPS) is 10.6. The Balaban J connectivity index is 1.73. The van der Waals surface area contributed by atoms with Crippen LogP contribution in [-0.2, 0) is 13.1 Å². The lowest BCUT2D eigenvalue weighted by molar-refractivity contribution is 0.326. The van der Waals surface area contributed by atoms with Gasteiger partial charge in [0.25, 0.3) is 0 Å². The van der Waals surface area contributed by atoms with Gasteiger partial charge >= 0.3 is 0 Å². The van der Waals surface area contributed by atoms with Gasteiger partial charge in [-0.15, -0.1) is 0 Å². The number of rotatable bonds is 9. The first-order chi connectivity index (χ1) is 14.6. The van der Waals surface area contributed by atoms with Crippen molar-refractivity contribution >= 4 is 23.0 Å². The summed E-state index contributed by atoms with van der Waals surface area (Å²) >= 11 is 5.69. The van der Waals surface area contributed by atoms with Crippen molar-refractivity contribution in [3.05, 3.63) is 78.1 Å². The molecular weight excluding hydrogens is 399 g/mol. The van der Waals surface area contributed by atoms with Crippen LogP contribution in [0.2, 0.25) is 0 Å². The molecule has 0 aliphatic rings. The minimum atomic E-state index is -0.254. The summed E-state index contributed by atoms with van der Waals surface area (Å²) in [7, 11) is 0. The van der Waals surface area contributed by atoms with E-state index < -0.39 is 0 Å². The maximum absolute atomic E-state index is 14.0. The number of benzene rings is 2. The second kappa shape index (κ2) is 10.7. The fourth-order valence-electron chi connectivity index (χ4n) is 3.13. The van der Waals surface area contributed by atoms with E-state index in [1.165, 1.54) is 6.07 Å². The number of thiocarbonyl (C=S) groups is 1. The van der Waals surface area contributed by atoms with Gasteiger partial charge in [0.1, 0.15) is 11.6 Å². The predicted molar refractivity (Wildman–Crippen MR) is 122 cm³/mol. The lowest BCUT2D eigenvalue weighted by Gasteiger charge is -2.27. The summed E-state index contributed by atoms with van der Waals surface area (Å²) in [5.74, 6) is 0.597. The number of aryl methyl sites for hydroxylation is 2. The number of anilines is 1. The van der Waals surface area contributed by atoms with Crippen molar-refractivity contribution < 1.29 is 9.13 Å². The summed E-state index contributed by atoms with van der Waals surface area (Å²) < 4.78 is 21.8. The van der Waals surface area contributed by atoms with Crippen molar-refractivity contribution in [2.75, 3.05) is 18.5 Å². The molecule has 0 unspecified atom stereocenters. The Labute approximate surface area is 182 Å². The van der Waals surface area contributed by atoms with Gasteiger partial charge in [0.2, 0.25) is 0 Å². The Kier molecular flexibility index (Phi) is 7.79. The second-order valence-corrected chi connectivity index (χ2v) is 7.40. The predicted octanol–water partition coefficient (Wildman–Crippen LogP) is 5.02. The fraction of sp³-hybridized carbons (Fsp3) is 0.304. The molecule has 3 rings (SSSR count). The number of ether oxygens (including phenoxy) is 1. The summed E-state index contributed by atoms with van der Waals surface area (Å²) in [4.78, 5) is 6.17. The molecule has 1 heterocycles. The van der Waals surface area contributed by atoms with E-state index in [4.69, 9.17) is 17.0 Å². The summed E-state index contributed by atoms with van der Waals surface area (Å²) in [6.07, 6.45) is 6.41. The third-order valence-electron chi connectivity index (χ3n) is 4.75. The molecule has 1 aromatic heterocycles. The molecule has 2 aromatic carbocycles. The molecular formula is C23H27FN4OS. The van der Waals surface area contributed by atoms with Crippen LogP contribution in [0, 0.1) is 12.7 Å². The van der Waals surface area contributed by atoms with Crippen molar-refractivity contribution in [1.82, 2.24) is 14.5 Å². The van der Waals surface area contributed by atoms with Crippen LogP contribution < -0.4 is 10.1 Å². The van der Waals surface area contributed by atoms with E-state index >= 15 is 0 Å². The van der Waals surface area contributed by atoms with Crippen molar-refractivity contribution in [2.45, 2.75) is 33.4 Å². The molecule has 0 amide bonds. The lowest BCUT2D eigenvalue weighted by atomic mass is 10.2. The molecule has 5 nitrogen and oxygen atoms in total. The number of nitrogens with zero attached hydrogens (tertiary/aromatic N) is 3. The summed E-state index contributed by atoms with van der Waals surface area (Å²) in [5, 5.41) is 3.73. The van der Waals surface area contributed by atoms with Crippen LogP contribution in [0.25, 0.3) is 0 Å². The van der Waals surface area contributed by atoms with E-state index in [1.54, 1.807) is 25.5 Å². The molecule has 3 aromatic rings. The molecule has 0 bridgehead atoms. The molecule has 7 heteroatoms. The Morgan fingerprint density at radius 3 is 2.83 bits per heavy atom. The number of nitrogens with one attached hydrogen (secondary N) is 1. The molecule has 158 valence electrons. The van der Waals surface area contributed by atoms with Gasteiger partial charge in [0, 0.05) is 43.3 Å². The number of hydrogen-bond donors (Lipinski definition) is 1. The van der Waals surface area contributed by atoms with Gasteiger partial charge in [0.15, 0.2) is 5.11 Å². The van der Waals surface area contributed by atoms with Gasteiger partial charge in [0.05, 0.1) is 12.9 Å². The molecule has 0 saturated heterocycles. The van der Waals surface area contributed by atoms with E-state index in [0.717, 1.165) is 30.8 Å². The van der Waals surface area contributed by atoms with E-state index in [2.05, 4.69) is 15.2 Å². The van der Waals surface area contributed by atoms with Crippen LogP contribution in [0.1, 0.15) is 24.5 Å². The number of hydrogen-bond acceptors (Lipinski definition) is 3. The van der Waals surface area contributed by atoms with Gasteiger partial charge in [-0.2, -0.15) is 0 Å². The van der Waals surface area contributed by atoms with Crippen LogP contribution in [0.4, 0.5) is 10.1 Å². The highest BCUT2D eigenvalue weighted by atomic mass is 32.1. The average molecular weight is 427 g/mol. The van der Waals surface area contributed by atoms with Crippen LogP contribution in [0.3, 0.4) is 0 Å². The minimum Gasteiger partial charge on any atom is -0.494 e. The monoisotopic (exact) mass is 426 g/mol. The standard InChI is InChI=1S/C23H27FN4OS/c1-3-29-22-8-5-4-7-19(22)16-28(13-6-12-27-14-11-25-17-27)23(30)26-20-10-9-18(2)21(24)15-20/h4-5,7-11,14-15,17H,3,6,12-13,16H2,1-2H3,(H,26,30). The highest BCUT2D eigenvalue weighted by Gasteiger charge is 2.14. The molecule has 0 fully saturated rings. The van der Waals surface area contributed by atoms with Crippen molar-refractivity contribution in [3.63, 3.8) is 0 Å². The number of aromatic nitrogens is 2. The van der Waals surface area contributed by atoms with Crippen molar-refractivity contribution in [2.24, 2.45) is 0 Å². The highest BCUT2D eigenvalue weighted by molar-refractivity contribution is 7.80. The third-order valence-corrected chi connectivity index (χ3v) is 5.11. The molecule has 0 atom stereocenters. The largest absolute Gasteiger partial charge is 0.494 e. The lowest BCUT2D eigenvalue weighted by Crippen LogP contribution is -2.35. The van der Waals surface area contributed by atoms with E-state index in [9.17, 15) is 4.39 Å². The summed E-state index contributed by atoms with van der Waals surface area (Å²) in [5.41, 5.74) is 2.30. The smallest absolute Gasteiger partial charge is 0.173 e. The number of para-hydroxylation sites is 1. The summed E-state index contributed by atoms with van der Waals surface area (Å²) in [6, 6.07) is 13.0. The molecule has 0 aliphatic heterocycles.